The summed E-state index contributed by atoms with van der Waals surface area (Å²) in [6.45, 7) is 1.64. The molecule has 0 unspecified atom stereocenters. The molecule has 0 saturated heterocycles. The maximum atomic E-state index is 12.4. The van der Waals surface area contributed by atoms with Crippen molar-refractivity contribution in [3.63, 3.8) is 0 Å². The largest absolute Gasteiger partial charge is 0.481 e. The summed E-state index contributed by atoms with van der Waals surface area (Å²) < 4.78 is 30.5. The Hall–Kier alpha value is -2.62. The number of nitrogens with zero attached hydrogens (tertiary/aromatic N) is 1. The summed E-state index contributed by atoms with van der Waals surface area (Å²) in [7, 11) is -3.33. The second-order valence-corrected chi connectivity index (χ2v) is 9.24. The topological polar surface area (TPSA) is 97.4 Å². The van der Waals surface area contributed by atoms with Gasteiger partial charge in [-0.25, -0.2) is 13.4 Å². The van der Waals surface area contributed by atoms with E-state index in [1.807, 2.05) is 0 Å². The van der Waals surface area contributed by atoms with Crippen LogP contribution < -0.4 is 14.8 Å². The van der Waals surface area contributed by atoms with Crippen LogP contribution in [-0.4, -0.2) is 31.7 Å². The molecule has 0 aliphatic heterocycles. The fourth-order valence-electron chi connectivity index (χ4n) is 2.39. The molecule has 152 valence electrons. The quantitative estimate of drug-likeness (QED) is 0.559. The summed E-state index contributed by atoms with van der Waals surface area (Å²) in [5, 5.41) is 5.49. The Kier molecular flexibility index (Phi) is 6.41. The molecular formula is C19H18ClN3O4S2. The molecule has 1 amide bonds. The number of rotatable bonds is 7. The molecule has 0 spiro atoms. The number of nitrogens with one attached hydrogen (secondary N) is 2. The molecule has 2 aromatic carbocycles. The highest BCUT2D eigenvalue weighted by molar-refractivity contribution is 7.92. The molecule has 0 saturated carbocycles. The second kappa shape index (κ2) is 8.81. The third-order valence-corrected chi connectivity index (χ3v) is 5.30. The van der Waals surface area contributed by atoms with Crippen molar-refractivity contribution < 1.29 is 17.9 Å². The van der Waals surface area contributed by atoms with Gasteiger partial charge in [0.1, 0.15) is 5.75 Å². The van der Waals surface area contributed by atoms with Crippen LogP contribution in [0.4, 0.5) is 10.8 Å². The monoisotopic (exact) mass is 451 g/mol. The molecule has 29 heavy (non-hydrogen) atoms. The summed E-state index contributed by atoms with van der Waals surface area (Å²) in [5.74, 6) is 0.168. The van der Waals surface area contributed by atoms with Crippen molar-refractivity contribution in [2.75, 3.05) is 16.3 Å². The first-order valence-corrected chi connectivity index (χ1v) is 11.6. The number of anilines is 2. The Morgan fingerprint density at radius 1 is 1.21 bits per heavy atom. The van der Waals surface area contributed by atoms with Crippen molar-refractivity contribution in [2.45, 2.75) is 13.0 Å². The lowest BCUT2D eigenvalue weighted by molar-refractivity contribution is -0.122. The first-order valence-electron chi connectivity index (χ1n) is 8.46. The van der Waals surface area contributed by atoms with E-state index in [0.717, 1.165) is 11.8 Å². The van der Waals surface area contributed by atoms with E-state index in [1.54, 1.807) is 60.8 Å². The Labute approximate surface area is 177 Å². The molecule has 1 aromatic heterocycles. The maximum absolute atomic E-state index is 12.4. The lowest BCUT2D eigenvalue weighted by Gasteiger charge is -2.13. The van der Waals surface area contributed by atoms with Gasteiger partial charge in [0.05, 0.1) is 11.9 Å². The first kappa shape index (κ1) is 21.1. The van der Waals surface area contributed by atoms with Crippen molar-refractivity contribution in [2.24, 2.45) is 0 Å². The molecule has 2 N–H and O–H groups in total. The molecule has 0 bridgehead atoms. The number of carbonyl (C=O) groups excluding carboxylic acids is 1. The van der Waals surface area contributed by atoms with Gasteiger partial charge >= 0.3 is 0 Å². The van der Waals surface area contributed by atoms with Gasteiger partial charge in [-0.15, -0.1) is 11.3 Å². The van der Waals surface area contributed by atoms with Gasteiger partial charge in [0.25, 0.3) is 5.91 Å². The van der Waals surface area contributed by atoms with E-state index >= 15 is 0 Å². The number of sulfonamides is 1. The number of carbonyl (C=O) groups is 1. The average Bonchev–Trinajstić information content (AvgIpc) is 3.09. The van der Waals surface area contributed by atoms with Crippen LogP contribution >= 0.6 is 22.9 Å². The van der Waals surface area contributed by atoms with Crippen LogP contribution in [0.5, 0.6) is 5.75 Å². The van der Waals surface area contributed by atoms with Crippen molar-refractivity contribution in [3.8, 4) is 17.0 Å². The fourth-order valence-corrected chi connectivity index (χ4v) is 3.86. The normalized spacial score (nSPS) is 12.2. The van der Waals surface area contributed by atoms with Gasteiger partial charge in [-0.2, -0.15) is 0 Å². The third-order valence-electron chi connectivity index (χ3n) is 3.70. The standard InChI is InChI=1S/C19H18ClN3O4S2/c1-12(27-16-5-3-4-14(20)10-16)18(24)22-19-21-17(11-28-19)13-6-8-15(9-7-13)23-29(2,25)26/h3-12,23H,1-2H3,(H,21,22,24)/t12-/m0/s1. The SMILES string of the molecule is C[C@H](Oc1cccc(Cl)c1)C(=O)Nc1nc(-c2ccc(NS(C)(=O)=O)cc2)cs1. The highest BCUT2D eigenvalue weighted by Gasteiger charge is 2.17. The van der Waals surface area contributed by atoms with Gasteiger partial charge in [0.15, 0.2) is 11.2 Å². The number of halogens is 1. The number of ether oxygens (including phenoxy) is 1. The Bertz CT molecular complexity index is 1110. The average molecular weight is 452 g/mol. The number of aromatic nitrogens is 1. The van der Waals surface area contributed by atoms with Gasteiger partial charge in [-0.1, -0.05) is 29.8 Å². The summed E-state index contributed by atoms with van der Waals surface area (Å²) in [6, 6.07) is 13.6. The summed E-state index contributed by atoms with van der Waals surface area (Å²) >= 11 is 7.20. The van der Waals surface area contributed by atoms with Gasteiger partial charge in [0, 0.05) is 21.7 Å². The molecular weight excluding hydrogens is 434 g/mol. The van der Waals surface area contributed by atoms with Gasteiger partial charge < -0.3 is 4.74 Å². The van der Waals surface area contributed by atoms with Crippen LogP contribution in [-0.2, 0) is 14.8 Å². The molecule has 3 aromatic rings. The first-order chi connectivity index (χ1) is 13.7. The van der Waals surface area contributed by atoms with Crippen molar-refractivity contribution in [1.82, 2.24) is 4.98 Å². The van der Waals surface area contributed by atoms with Crippen LogP contribution in [0.25, 0.3) is 11.3 Å². The summed E-state index contributed by atoms with van der Waals surface area (Å²) in [6.07, 6.45) is 0.357. The lowest BCUT2D eigenvalue weighted by Crippen LogP contribution is -2.30. The minimum Gasteiger partial charge on any atom is -0.481 e. The van der Waals surface area contributed by atoms with E-state index in [4.69, 9.17) is 16.3 Å². The number of hydrogen-bond donors (Lipinski definition) is 2. The zero-order chi connectivity index (χ0) is 21.0. The van der Waals surface area contributed by atoms with E-state index in [9.17, 15) is 13.2 Å². The van der Waals surface area contributed by atoms with Crippen molar-refractivity contribution in [1.29, 1.82) is 0 Å². The highest BCUT2D eigenvalue weighted by atomic mass is 35.5. The van der Waals surface area contributed by atoms with E-state index in [-0.39, 0.29) is 5.91 Å². The minimum absolute atomic E-state index is 0.335. The van der Waals surface area contributed by atoms with Crippen molar-refractivity contribution >= 4 is 49.7 Å². The molecule has 0 radical (unpaired) electrons. The zero-order valence-corrected chi connectivity index (χ0v) is 17.9. The van der Waals surface area contributed by atoms with Crippen molar-refractivity contribution in [3.05, 3.63) is 58.9 Å². The van der Waals surface area contributed by atoms with E-state index in [2.05, 4.69) is 15.0 Å². The molecule has 7 nitrogen and oxygen atoms in total. The molecule has 3 rings (SSSR count). The Balaban J connectivity index is 1.63. The summed E-state index contributed by atoms with van der Waals surface area (Å²) in [4.78, 5) is 16.8. The summed E-state index contributed by atoms with van der Waals surface area (Å²) in [5.41, 5.74) is 1.93. The van der Waals surface area contributed by atoms with Crippen LogP contribution in [0.3, 0.4) is 0 Å². The zero-order valence-electron chi connectivity index (χ0n) is 15.5. The Morgan fingerprint density at radius 2 is 1.93 bits per heavy atom. The van der Waals surface area contributed by atoms with E-state index < -0.39 is 16.1 Å². The molecule has 10 heteroatoms. The fraction of sp³-hybridized carbons (Fsp3) is 0.158. The van der Waals surface area contributed by atoms with Gasteiger partial charge in [-0.05, 0) is 37.3 Å². The number of thiazole rings is 1. The van der Waals surface area contributed by atoms with Gasteiger partial charge in [-0.3, -0.25) is 14.8 Å². The molecule has 1 atom stereocenters. The Morgan fingerprint density at radius 3 is 2.59 bits per heavy atom. The number of amides is 1. The number of hydrogen-bond acceptors (Lipinski definition) is 6. The molecule has 0 aliphatic rings. The minimum atomic E-state index is -3.33. The van der Waals surface area contributed by atoms with Crippen LogP contribution in [0, 0.1) is 0 Å². The molecule has 1 heterocycles. The lowest BCUT2D eigenvalue weighted by atomic mass is 10.1. The second-order valence-electron chi connectivity index (χ2n) is 6.20. The third kappa shape index (κ3) is 6.18. The molecule has 0 fully saturated rings. The van der Waals surface area contributed by atoms with Gasteiger partial charge in [0.2, 0.25) is 10.0 Å². The van der Waals surface area contributed by atoms with E-state index in [0.29, 0.717) is 27.3 Å². The predicted molar refractivity (Wildman–Crippen MR) is 116 cm³/mol. The van der Waals surface area contributed by atoms with Crippen LogP contribution in [0.1, 0.15) is 6.92 Å². The molecule has 0 aliphatic carbocycles. The van der Waals surface area contributed by atoms with E-state index in [1.165, 1.54) is 11.3 Å². The number of benzene rings is 2. The van der Waals surface area contributed by atoms with Crippen LogP contribution in [0.2, 0.25) is 5.02 Å². The smallest absolute Gasteiger partial charge is 0.266 e. The van der Waals surface area contributed by atoms with Crippen LogP contribution in [0.15, 0.2) is 53.9 Å². The highest BCUT2D eigenvalue weighted by Crippen LogP contribution is 2.26. The predicted octanol–water partition coefficient (Wildman–Crippen LogP) is 4.24. The maximum Gasteiger partial charge on any atom is 0.266 e.